The van der Waals surface area contributed by atoms with E-state index in [-0.39, 0.29) is 11.1 Å². The van der Waals surface area contributed by atoms with Crippen LogP contribution in [0, 0.1) is 0 Å². The zero-order valence-electron chi connectivity index (χ0n) is 10.6. The zero-order valence-corrected chi connectivity index (χ0v) is 10.6. The van der Waals surface area contributed by atoms with Gasteiger partial charge in [0.2, 0.25) is 0 Å². The molecule has 1 aliphatic heterocycles. The van der Waals surface area contributed by atoms with Gasteiger partial charge in [0.25, 0.3) is 0 Å². The van der Waals surface area contributed by atoms with E-state index in [2.05, 4.69) is 24.0 Å². The lowest BCUT2D eigenvalue weighted by atomic mass is 9.77. The highest BCUT2D eigenvalue weighted by Crippen LogP contribution is 2.34. The van der Waals surface area contributed by atoms with Crippen molar-refractivity contribution in [2.24, 2.45) is 7.05 Å². The van der Waals surface area contributed by atoms with Gasteiger partial charge in [-0.15, -0.1) is 0 Å². The molecule has 1 aromatic heterocycles. The molecule has 5 heteroatoms. The SMILES string of the molecule is CN1CCC(C)(c2cc(C(=O)O)nn2C)CC1. The van der Waals surface area contributed by atoms with E-state index < -0.39 is 5.97 Å². The largest absolute Gasteiger partial charge is 0.476 e. The molecule has 1 N–H and O–H groups in total. The van der Waals surface area contributed by atoms with Crippen LogP contribution < -0.4 is 0 Å². The molecule has 1 saturated heterocycles. The summed E-state index contributed by atoms with van der Waals surface area (Å²) in [6.07, 6.45) is 2.09. The number of rotatable bonds is 2. The third-order valence-corrected chi connectivity index (χ3v) is 3.81. The van der Waals surface area contributed by atoms with E-state index >= 15 is 0 Å². The first-order valence-electron chi connectivity index (χ1n) is 5.89. The Hall–Kier alpha value is -1.36. The summed E-state index contributed by atoms with van der Waals surface area (Å²) < 4.78 is 1.72. The van der Waals surface area contributed by atoms with Crippen LogP contribution in [0.2, 0.25) is 0 Å². The first-order valence-corrected chi connectivity index (χ1v) is 5.89. The second-order valence-corrected chi connectivity index (χ2v) is 5.21. The van der Waals surface area contributed by atoms with Crippen molar-refractivity contribution in [3.05, 3.63) is 17.5 Å². The number of aromatic carboxylic acids is 1. The predicted octanol–water partition coefficient (Wildman–Crippen LogP) is 1.10. The Morgan fingerprint density at radius 1 is 1.41 bits per heavy atom. The van der Waals surface area contributed by atoms with Gasteiger partial charge in [-0.3, -0.25) is 4.68 Å². The summed E-state index contributed by atoms with van der Waals surface area (Å²) in [5.41, 5.74) is 1.22. The number of carbonyl (C=O) groups is 1. The Morgan fingerprint density at radius 3 is 2.47 bits per heavy atom. The highest BCUT2D eigenvalue weighted by molar-refractivity contribution is 5.85. The van der Waals surface area contributed by atoms with Crippen molar-refractivity contribution in [3.8, 4) is 0 Å². The van der Waals surface area contributed by atoms with E-state index in [4.69, 9.17) is 5.11 Å². The lowest BCUT2D eigenvalue weighted by Crippen LogP contribution is -2.39. The second kappa shape index (κ2) is 4.14. The minimum atomic E-state index is -0.955. The van der Waals surface area contributed by atoms with Gasteiger partial charge in [0.15, 0.2) is 5.69 Å². The molecule has 0 bridgehead atoms. The molecule has 0 atom stereocenters. The van der Waals surface area contributed by atoms with Crippen molar-refractivity contribution in [1.82, 2.24) is 14.7 Å². The minimum absolute atomic E-state index is 0.0436. The molecule has 0 radical (unpaired) electrons. The molecular weight excluding hydrogens is 218 g/mol. The molecule has 17 heavy (non-hydrogen) atoms. The molecule has 0 aromatic carbocycles. The zero-order chi connectivity index (χ0) is 12.6. The quantitative estimate of drug-likeness (QED) is 0.837. The van der Waals surface area contributed by atoms with Gasteiger partial charge >= 0.3 is 5.97 Å². The van der Waals surface area contributed by atoms with Gasteiger partial charge in [0.1, 0.15) is 0 Å². The summed E-state index contributed by atoms with van der Waals surface area (Å²) in [5, 5.41) is 13.0. The van der Waals surface area contributed by atoms with Crippen LogP contribution >= 0.6 is 0 Å². The minimum Gasteiger partial charge on any atom is -0.476 e. The summed E-state index contributed by atoms with van der Waals surface area (Å²) in [6, 6.07) is 1.72. The number of aryl methyl sites for hydroxylation is 1. The molecule has 1 fully saturated rings. The van der Waals surface area contributed by atoms with Crippen LogP contribution in [0.5, 0.6) is 0 Å². The van der Waals surface area contributed by atoms with Crippen molar-refractivity contribution < 1.29 is 9.90 Å². The van der Waals surface area contributed by atoms with E-state index in [0.717, 1.165) is 31.6 Å². The average molecular weight is 237 g/mol. The number of hydrogen-bond acceptors (Lipinski definition) is 3. The first-order chi connectivity index (χ1) is 7.92. The fraction of sp³-hybridized carbons (Fsp3) is 0.667. The smallest absolute Gasteiger partial charge is 0.356 e. The molecule has 2 heterocycles. The molecule has 0 saturated carbocycles. The van der Waals surface area contributed by atoms with Crippen molar-refractivity contribution in [2.75, 3.05) is 20.1 Å². The second-order valence-electron chi connectivity index (χ2n) is 5.21. The van der Waals surface area contributed by atoms with Crippen LogP contribution in [0.25, 0.3) is 0 Å². The maximum absolute atomic E-state index is 10.9. The van der Waals surface area contributed by atoms with Crippen LogP contribution in [0.3, 0.4) is 0 Å². The number of aromatic nitrogens is 2. The number of hydrogen-bond donors (Lipinski definition) is 1. The molecule has 0 unspecified atom stereocenters. The predicted molar refractivity (Wildman–Crippen MR) is 64.3 cm³/mol. The maximum Gasteiger partial charge on any atom is 0.356 e. The van der Waals surface area contributed by atoms with E-state index in [1.807, 2.05) is 7.05 Å². The van der Waals surface area contributed by atoms with Crippen LogP contribution in [0.1, 0.15) is 35.9 Å². The standard InChI is InChI=1S/C12H19N3O2/c1-12(4-6-14(2)7-5-12)10-8-9(11(16)17)13-15(10)3/h8H,4-7H2,1-3H3,(H,16,17). The molecule has 1 aromatic rings. The maximum atomic E-state index is 10.9. The van der Waals surface area contributed by atoms with Crippen LogP contribution in [-0.4, -0.2) is 45.9 Å². The molecule has 94 valence electrons. The summed E-state index contributed by atoms with van der Waals surface area (Å²) in [5.74, 6) is -0.955. The van der Waals surface area contributed by atoms with E-state index in [0.29, 0.717) is 0 Å². The number of carboxylic acid groups (broad SMARTS) is 1. The first kappa shape index (κ1) is 12.1. The fourth-order valence-electron chi connectivity index (χ4n) is 2.50. The van der Waals surface area contributed by atoms with E-state index in [9.17, 15) is 4.79 Å². The lowest BCUT2D eigenvalue weighted by molar-refractivity contribution is 0.0689. The Morgan fingerprint density at radius 2 is 2.00 bits per heavy atom. The molecule has 5 nitrogen and oxygen atoms in total. The van der Waals surface area contributed by atoms with Gasteiger partial charge in [-0.25, -0.2) is 4.79 Å². The van der Waals surface area contributed by atoms with Crippen LogP contribution in [0.15, 0.2) is 6.07 Å². The van der Waals surface area contributed by atoms with Gasteiger partial charge in [0.05, 0.1) is 0 Å². The van der Waals surface area contributed by atoms with Gasteiger partial charge in [-0.2, -0.15) is 5.10 Å². The molecule has 0 aliphatic carbocycles. The third kappa shape index (κ3) is 2.20. The Bertz CT molecular complexity index is 431. The highest BCUT2D eigenvalue weighted by Gasteiger charge is 2.34. The Kier molecular flexibility index (Phi) is 2.95. The summed E-state index contributed by atoms with van der Waals surface area (Å²) in [6.45, 7) is 4.29. The van der Waals surface area contributed by atoms with Gasteiger partial charge < -0.3 is 10.0 Å². The van der Waals surface area contributed by atoms with E-state index in [1.165, 1.54) is 0 Å². The monoisotopic (exact) mass is 237 g/mol. The number of piperidine rings is 1. The Labute approximate surface area is 101 Å². The van der Waals surface area contributed by atoms with Crippen LogP contribution in [-0.2, 0) is 12.5 Å². The number of nitrogens with zero attached hydrogens (tertiary/aromatic N) is 3. The summed E-state index contributed by atoms with van der Waals surface area (Å²) in [4.78, 5) is 13.2. The Balaban J connectivity index is 2.30. The van der Waals surface area contributed by atoms with Crippen LogP contribution in [0.4, 0.5) is 0 Å². The van der Waals surface area contributed by atoms with Crippen molar-refractivity contribution in [1.29, 1.82) is 0 Å². The summed E-state index contributed by atoms with van der Waals surface area (Å²) in [7, 11) is 3.94. The molecule has 0 spiro atoms. The highest BCUT2D eigenvalue weighted by atomic mass is 16.4. The molecule has 0 amide bonds. The van der Waals surface area contributed by atoms with Crippen molar-refractivity contribution >= 4 is 5.97 Å². The van der Waals surface area contributed by atoms with Crippen molar-refractivity contribution in [2.45, 2.75) is 25.2 Å². The normalized spacial score (nSPS) is 20.4. The third-order valence-electron chi connectivity index (χ3n) is 3.81. The number of likely N-dealkylation sites (tertiary alicyclic amines) is 1. The van der Waals surface area contributed by atoms with Crippen molar-refractivity contribution in [3.63, 3.8) is 0 Å². The summed E-state index contributed by atoms with van der Waals surface area (Å²) >= 11 is 0. The lowest BCUT2D eigenvalue weighted by Gasteiger charge is -2.37. The van der Waals surface area contributed by atoms with Gasteiger partial charge in [0, 0.05) is 18.2 Å². The number of carboxylic acids is 1. The topological polar surface area (TPSA) is 58.4 Å². The molecule has 1 aliphatic rings. The van der Waals surface area contributed by atoms with E-state index in [1.54, 1.807) is 10.7 Å². The van der Waals surface area contributed by atoms with Gasteiger partial charge in [-0.1, -0.05) is 6.92 Å². The fourth-order valence-corrected chi connectivity index (χ4v) is 2.50. The van der Waals surface area contributed by atoms with Gasteiger partial charge in [-0.05, 0) is 39.0 Å². The molecule has 2 rings (SSSR count). The molecular formula is C12H19N3O2. The average Bonchev–Trinajstić information content (AvgIpc) is 2.66.